The standard InChI is InChI=1S/C16H18N8S/c1-10-9-25-15(18-10)12(3)20-19-11(2)14-6-4-13(5-7-14)8-24-22-16(17)21-23-24/h4-7,9H,8H2,1-3H3,(H2,17,22). The molecule has 0 radical (unpaired) electrons. The molecule has 2 N–H and O–H groups in total. The van der Waals surface area contributed by atoms with Gasteiger partial charge in [0, 0.05) is 11.1 Å². The highest BCUT2D eigenvalue weighted by molar-refractivity contribution is 7.11. The maximum Gasteiger partial charge on any atom is 0.260 e. The van der Waals surface area contributed by atoms with Gasteiger partial charge in [-0.05, 0) is 37.1 Å². The van der Waals surface area contributed by atoms with Gasteiger partial charge >= 0.3 is 0 Å². The molecule has 0 aliphatic heterocycles. The molecule has 0 atom stereocenters. The van der Waals surface area contributed by atoms with E-state index < -0.39 is 0 Å². The number of benzene rings is 1. The third-order valence-electron chi connectivity index (χ3n) is 3.44. The van der Waals surface area contributed by atoms with Crippen molar-refractivity contribution in [2.45, 2.75) is 27.3 Å². The number of aryl methyl sites for hydroxylation is 1. The lowest BCUT2D eigenvalue weighted by molar-refractivity contribution is 0.573. The second-order valence-corrected chi connectivity index (χ2v) is 6.40. The van der Waals surface area contributed by atoms with Crippen LogP contribution < -0.4 is 5.73 Å². The van der Waals surface area contributed by atoms with E-state index in [0.29, 0.717) is 6.54 Å². The molecule has 1 aromatic carbocycles. The van der Waals surface area contributed by atoms with Crippen LogP contribution in [0.2, 0.25) is 0 Å². The third kappa shape index (κ3) is 4.32. The summed E-state index contributed by atoms with van der Waals surface area (Å²) in [5.74, 6) is 0.170. The Kier molecular flexibility index (Phi) is 4.94. The summed E-state index contributed by atoms with van der Waals surface area (Å²) in [6, 6.07) is 7.98. The third-order valence-corrected chi connectivity index (χ3v) is 4.51. The van der Waals surface area contributed by atoms with E-state index in [0.717, 1.165) is 33.3 Å². The second kappa shape index (κ2) is 7.31. The average Bonchev–Trinajstić information content (AvgIpc) is 3.21. The van der Waals surface area contributed by atoms with E-state index in [9.17, 15) is 0 Å². The van der Waals surface area contributed by atoms with Crippen LogP contribution in [0.5, 0.6) is 0 Å². The maximum absolute atomic E-state index is 5.46. The fourth-order valence-corrected chi connectivity index (χ4v) is 2.85. The van der Waals surface area contributed by atoms with Crippen molar-refractivity contribution in [3.63, 3.8) is 0 Å². The molecule has 0 amide bonds. The Balaban J connectivity index is 1.70. The maximum atomic E-state index is 5.46. The number of nitrogens with two attached hydrogens (primary N) is 1. The highest BCUT2D eigenvalue weighted by Crippen LogP contribution is 2.11. The molecule has 0 saturated carbocycles. The Labute approximate surface area is 149 Å². The van der Waals surface area contributed by atoms with Gasteiger partial charge in [-0.2, -0.15) is 15.0 Å². The zero-order valence-corrected chi connectivity index (χ0v) is 15.0. The highest BCUT2D eigenvalue weighted by Gasteiger charge is 2.04. The Morgan fingerprint density at radius 2 is 1.88 bits per heavy atom. The second-order valence-electron chi connectivity index (χ2n) is 5.54. The predicted molar refractivity (Wildman–Crippen MR) is 99.0 cm³/mol. The smallest absolute Gasteiger partial charge is 0.260 e. The molecule has 2 aromatic heterocycles. The lowest BCUT2D eigenvalue weighted by Crippen LogP contribution is -2.05. The van der Waals surface area contributed by atoms with E-state index in [-0.39, 0.29) is 5.95 Å². The minimum absolute atomic E-state index is 0.170. The molecule has 2 heterocycles. The first kappa shape index (κ1) is 16.9. The summed E-state index contributed by atoms with van der Waals surface area (Å²) >= 11 is 1.57. The molecular formula is C16H18N8S. The van der Waals surface area contributed by atoms with Crippen molar-refractivity contribution >= 4 is 28.7 Å². The summed E-state index contributed by atoms with van der Waals surface area (Å²) in [6.07, 6.45) is 0. The van der Waals surface area contributed by atoms with Gasteiger partial charge in [-0.25, -0.2) is 4.98 Å². The van der Waals surface area contributed by atoms with Crippen LogP contribution in [0.1, 0.15) is 35.7 Å². The monoisotopic (exact) mass is 354 g/mol. The number of hydrogen-bond donors (Lipinski definition) is 1. The minimum atomic E-state index is 0.170. The van der Waals surface area contributed by atoms with Gasteiger partial charge in [0.15, 0.2) is 0 Å². The molecule has 3 aromatic rings. The van der Waals surface area contributed by atoms with Gasteiger partial charge in [0.2, 0.25) is 0 Å². The van der Waals surface area contributed by atoms with Gasteiger partial charge < -0.3 is 5.73 Å². The van der Waals surface area contributed by atoms with Crippen LogP contribution in [-0.4, -0.2) is 36.6 Å². The van der Waals surface area contributed by atoms with Crippen LogP contribution in [0.15, 0.2) is 39.8 Å². The Morgan fingerprint density at radius 1 is 1.16 bits per heavy atom. The van der Waals surface area contributed by atoms with Crippen molar-refractivity contribution in [1.29, 1.82) is 0 Å². The first-order valence-corrected chi connectivity index (χ1v) is 8.53. The van der Waals surface area contributed by atoms with Crippen molar-refractivity contribution < 1.29 is 0 Å². The van der Waals surface area contributed by atoms with E-state index in [2.05, 4.69) is 30.6 Å². The Morgan fingerprint density at radius 3 is 2.48 bits per heavy atom. The van der Waals surface area contributed by atoms with Crippen molar-refractivity contribution in [2.24, 2.45) is 10.2 Å². The molecule has 25 heavy (non-hydrogen) atoms. The molecule has 0 bridgehead atoms. The SMILES string of the molecule is CC(=NN=C(C)c1nc(C)cs1)c1ccc(Cn2nnc(N)n2)cc1. The number of anilines is 1. The van der Waals surface area contributed by atoms with Crippen molar-refractivity contribution in [3.8, 4) is 0 Å². The zero-order valence-electron chi connectivity index (χ0n) is 14.2. The lowest BCUT2D eigenvalue weighted by atomic mass is 10.1. The zero-order chi connectivity index (χ0) is 17.8. The number of thiazole rings is 1. The molecule has 0 aliphatic rings. The van der Waals surface area contributed by atoms with E-state index >= 15 is 0 Å². The van der Waals surface area contributed by atoms with E-state index in [1.54, 1.807) is 11.3 Å². The van der Waals surface area contributed by atoms with E-state index in [1.807, 2.05) is 50.4 Å². The number of nitrogen functional groups attached to an aromatic ring is 1. The van der Waals surface area contributed by atoms with Crippen molar-refractivity contribution in [3.05, 3.63) is 51.5 Å². The van der Waals surface area contributed by atoms with Crippen LogP contribution >= 0.6 is 11.3 Å². The van der Waals surface area contributed by atoms with Crippen LogP contribution in [0.3, 0.4) is 0 Å². The lowest BCUT2D eigenvalue weighted by Gasteiger charge is -2.03. The summed E-state index contributed by atoms with van der Waals surface area (Å²) in [5.41, 5.74) is 10.1. The predicted octanol–water partition coefficient (Wildman–Crippen LogP) is 2.30. The average molecular weight is 354 g/mol. The fraction of sp³-hybridized carbons (Fsp3) is 0.250. The number of rotatable bonds is 5. The van der Waals surface area contributed by atoms with Crippen LogP contribution in [0, 0.1) is 6.92 Å². The quantitative estimate of drug-likeness (QED) is 0.559. The van der Waals surface area contributed by atoms with Crippen molar-refractivity contribution in [1.82, 2.24) is 25.2 Å². The first-order valence-electron chi connectivity index (χ1n) is 7.65. The van der Waals surface area contributed by atoms with Gasteiger partial charge in [-0.15, -0.1) is 16.4 Å². The molecule has 0 unspecified atom stereocenters. The fourth-order valence-electron chi connectivity index (χ4n) is 2.11. The molecule has 3 rings (SSSR count). The first-order chi connectivity index (χ1) is 12.0. The van der Waals surface area contributed by atoms with Gasteiger partial charge in [0.25, 0.3) is 5.95 Å². The van der Waals surface area contributed by atoms with Gasteiger partial charge in [-0.1, -0.05) is 29.4 Å². The summed E-state index contributed by atoms with van der Waals surface area (Å²) < 4.78 is 0. The molecule has 0 fully saturated rings. The van der Waals surface area contributed by atoms with Crippen LogP contribution in [0.4, 0.5) is 5.95 Å². The van der Waals surface area contributed by atoms with Crippen molar-refractivity contribution in [2.75, 3.05) is 5.73 Å². The Hall–Kier alpha value is -2.94. The molecule has 128 valence electrons. The molecule has 0 saturated heterocycles. The normalized spacial score (nSPS) is 12.6. The molecule has 8 nitrogen and oxygen atoms in total. The Bertz CT molecular complexity index is 920. The highest BCUT2D eigenvalue weighted by atomic mass is 32.1. The van der Waals surface area contributed by atoms with Crippen LogP contribution in [0.25, 0.3) is 0 Å². The summed E-state index contributed by atoms with van der Waals surface area (Å²) in [7, 11) is 0. The van der Waals surface area contributed by atoms with Gasteiger partial charge in [0.05, 0.1) is 18.0 Å². The summed E-state index contributed by atoms with van der Waals surface area (Å²) in [4.78, 5) is 5.86. The largest absolute Gasteiger partial charge is 0.365 e. The van der Waals surface area contributed by atoms with Gasteiger partial charge in [0.1, 0.15) is 5.01 Å². The van der Waals surface area contributed by atoms with E-state index in [1.165, 1.54) is 4.80 Å². The van der Waals surface area contributed by atoms with Crippen LogP contribution in [-0.2, 0) is 6.54 Å². The van der Waals surface area contributed by atoms with Gasteiger partial charge in [-0.3, -0.25) is 0 Å². The molecule has 9 heteroatoms. The molecule has 0 aliphatic carbocycles. The molecule has 0 spiro atoms. The number of aromatic nitrogens is 5. The number of tetrazole rings is 1. The topological polar surface area (TPSA) is 107 Å². The summed E-state index contributed by atoms with van der Waals surface area (Å²) in [5, 5.41) is 23.0. The minimum Gasteiger partial charge on any atom is -0.365 e. The number of hydrogen-bond acceptors (Lipinski definition) is 8. The van der Waals surface area contributed by atoms with E-state index in [4.69, 9.17) is 5.73 Å². The number of nitrogens with zero attached hydrogens (tertiary/aromatic N) is 7. The molecular weight excluding hydrogens is 336 g/mol. The summed E-state index contributed by atoms with van der Waals surface area (Å²) in [6.45, 7) is 6.32.